The Bertz CT molecular complexity index is 878. The molecule has 0 saturated carbocycles. The molecule has 150 valence electrons. The molecule has 6 nitrogen and oxygen atoms in total. The summed E-state index contributed by atoms with van der Waals surface area (Å²) >= 11 is 1.65. The summed E-state index contributed by atoms with van der Waals surface area (Å²) in [6.45, 7) is 3.96. The van der Waals surface area contributed by atoms with Crippen molar-refractivity contribution in [3.63, 3.8) is 0 Å². The van der Waals surface area contributed by atoms with Gasteiger partial charge in [-0.05, 0) is 30.4 Å². The fourth-order valence-corrected chi connectivity index (χ4v) is 3.42. The number of hydrogen-bond donors (Lipinski definition) is 1. The van der Waals surface area contributed by atoms with Gasteiger partial charge in [0.25, 0.3) is 0 Å². The van der Waals surface area contributed by atoms with Gasteiger partial charge in [-0.3, -0.25) is 0 Å². The van der Waals surface area contributed by atoms with E-state index in [1.807, 2.05) is 6.92 Å². The van der Waals surface area contributed by atoms with Crippen molar-refractivity contribution < 1.29 is 22.7 Å². The Morgan fingerprint density at radius 2 is 2.04 bits per heavy atom. The molecule has 28 heavy (non-hydrogen) atoms. The third-order valence-electron chi connectivity index (χ3n) is 4.23. The highest BCUT2D eigenvalue weighted by Gasteiger charge is 2.35. The quantitative estimate of drug-likeness (QED) is 0.574. The van der Waals surface area contributed by atoms with Gasteiger partial charge in [-0.2, -0.15) is 35.0 Å². The van der Waals surface area contributed by atoms with E-state index in [4.69, 9.17) is 4.74 Å². The van der Waals surface area contributed by atoms with Gasteiger partial charge in [0.15, 0.2) is 0 Å². The monoisotopic (exact) mass is 412 g/mol. The molecule has 0 spiro atoms. The number of allylic oxidation sites excluding steroid dienone is 1. The third kappa shape index (κ3) is 4.16. The molecular formula is C18H19F3N4O2S. The van der Waals surface area contributed by atoms with Crippen molar-refractivity contribution in [3.8, 4) is 0 Å². The van der Waals surface area contributed by atoms with Crippen LogP contribution >= 0.6 is 11.8 Å². The minimum Gasteiger partial charge on any atom is -0.461 e. The number of esters is 1. The maximum absolute atomic E-state index is 12.9. The lowest BCUT2D eigenvalue weighted by Crippen LogP contribution is -2.30. The number of fused-ring (bicyclic) bond motifs is 1. The summed E-state index contributed by atoms with van der Waals surface area (Å²) < 4.78 is 45.5. The van der Waals surface area contributed by atoms with Gasteiger partial charge in [-0.1, -0.05) is 19.1 Å². The summed E-state index contributed by atoms with van der Waals surface area (Å²) in [5, 5.41) is 7.13. The Hall–Kier alpha value is -2.49. The molecule has 1 aliphatic heterocycles. The molecule has 1 atom stereocenters. The number of anilines is 1. The van der Waals surface area contributed by atoms with Gasteiger partial charge in [0, 0.05) is 11.4 Å². The Morgan fingerprint density at radius 3 is 2.68 bits per heavy atom. The van der Waals surface area contributed by atoms with Crippen LogP contribution in [0, 0.1) is 0 Å². The summed E-state index contributed by atoms with van der Waals surface area (Å²) in [7, 11) is 0. The predicted octanol–water partition coefficient (Wildman–Crippen LogP) is 3.88. The highest BCUT2D eigenvalue weighted by Crippen LogP contribution is 2.36. The van der Waals surface area contributed by atoms with E-state index in [2.05, 4.69) is 15.4 Å². The first kappa shape index (κ1) is 20.2. The number of nitrogens with one attached hydrogen (secondary N) is 1. The lowest BCUT2D eigenvalue weighted by Gasteiger charge is -2.28. The zero-order valence-corrected chi connectivity index (χ0v) is 16.1. The number of carbonyl (C=O) groups excluding carboxylic acids is 1. The Labute approximate surface area is 164 Å². The average molecular weight is 412 g/mol. The van der Waals surface area contributed by atoms with Crippen molar-refractivity contribution in [2.45, 2.75) is 26.1 Å². The Kier molecular flexibility index (Phi) is 5.97. The second-order valence-electron chi connectivity index (χ2n) is 6.05. The minimum atomic E-state index is -4.43. The highest BCUT2D eigenvalue weighted by atomic mass is 32.2. The first-order valence-corrected chi connectivity index (χ1v) is 9.77. The van der Waals surface area contributed by atoms with Crippen LogP contribution in [0.1, 0.15) is 31.0 Å². The summed E-state index contributed by atoms with van der Waals surface area (Å²) in [6, 6.07) is 3.94. The maximum atomic E-state index is 12.9. The molecule has 0 aliphatic carbocycles. The molecule has 1 aliphatic rings. The van der Waals surface area contributed by atoms with E-state index in [9.17, 15) is 18.0 Å². The van der Waals surface area contributed by atoms with Crippen LogP contribution < -0.4 is 5.32 Å². The Balaban J connectivity index is 1.94. The molecule has 3 rings (SSSR count). The summed E-state index contributed by atoms with van der Waals surface area (Å²) in [4.78, 5) is 16.8. The van der Waals surface area contributed by atoms with Gasteiger partial charge in [0.2, 0.25) is 5.95 Å². The summed E-state index contributed by atoms with van der Waals surface area (Å²) in [5.74, 6) is 1.45. The van der Waals surface area contributed by atoms with Gasteiger partial charge in [-0.25, -0.2) is 9.48 Å². The molecule has 2 heterocycles. The molecule has 1 aromatic carbocycles. The number of halogens is 3. The molecule has 0 saturated heterocycles. The van der Waals surface area contributed by atoms with E-state index in [0.29, 0.717) is 28.5 Å². The minimum absolute atomic E-state index is 0.248. The molecule has 0 amide bonds. The van der Waals surface area contributed by atoms with Crippen molar-refractivity contribution >= 4 is 23.7 Å². The smallest absolute Gasteiger partial charge is 0.416 e. The van der Waals surface area contributed by atoms with Crippen molar-refractivity contribution in [1.82, 2.24) is 14.8 Å². The fourth-order valence-electron chi connectivity index (χ4n) is 2.93. The van der Waals surface area contributed by atoms with Crippen LogP contribution in [0.25, 0.3) is 0 Å². The van der Waals surface area contributed by atoms with Gasteiger partial charge in [-0.15, -0.1) is 0 Å². The highest BCUT2D eigenvalue weighted by molar-refractivity contribution is 7.99. The van der Waals surface area contributed by atoms with E-state index in [-0.39, 0.29) is 6.61 Å². The number of nitrogens with zero attached hydrogens (tertiary/aromatic N) is 3. The predicted molar refractivity (Wildman–Crippen MR) is 99.9 cm³/mol. The lowest BCUT2D eigenvalue weighted by molar-refractivity contribution is -0.139. The van der Waals surface area contributed by atoms with Crippen molar-refractivity contribution in [2.24, 2.45) is 0 Å². The molecule has 0 bridgehead atoms. The molecule has 0 unspecified atom stereocenters. The van der Waals surface area contributed by atoms with Crippen LogP contribution in [0.2, 0.25) is 0 Å². The van der Waals surface area contributed by atoms with Crippen LogP contribution in [-0.4, -0.2) is 38.8 Å². The van der Waals surface area contributed by atoms with Crippen LogP contribution in [-0.2, 0) is 15.7 Å². The summed E-state index contributed by atoms with van der Waals surface area (Å²) in [5.41, 5.74) is 0.540. The van der Waals surface area contributed by atoms with Gasteiger partial charge < -0.3 is 10.1 Å². The van der Waals surface area contributed by atoms with Crippen molar-refractivity contribution in [1.29, 1.82) is 0 Å². The number of rotatable bonds is 6. The number of aromatic nitrogens is 3. The molecule has 1 N–H and O–H groups in total. The number of carbonyl (C=O) groups is 1. The number of benzene rings is 1. The zero-order valence-electron chi connectivity index (χ0n) is 15.3. The van der Waals surface area contributed by atoms with Gasteiger partial charge in [0.05, 0.1) is 11.1 Å². The summed E-state index contributed by atoms with van der Waals surface area (Å²) in [6.07, 6.45) is -3.12. The maximum Gasteiger partial charge on any atom is 0.416 e. The number of thioether (sulfide) groups is 1. The number of hydrogen-bond acceptors (Lipinski definition) is 6. The zero-order chi connectivity index (χ0) is 20.3. The van der Waals surface area contributed by atoms with E-state index in [1.54, 1.807) is 18.7 Å². The van der Waals surface area contributed by atoms with Gasteiger partial charge in [0.1, 0.15) is 19.0 Å². The standard InChI is InChI=1S/C18H19F3N4O2S/c1-3-28-9-8-27-16(26)14-11(2)24-17-22-10-23-25(17)15(14)12-4-6-13(7-5-12)18(19,20)21/h4-7,10,15H,3,8-9H2,1-2H3,(H,22,23,24)/t15-/m1/s1. The average Bonchev–Trinajstić information content (AvgIpc) is 3.11. The SMILES string of the molecule is CCSCCOC(=O)C1=C(C)Nc2ncnn2[C@@H]1c1ccc(C(F)(F)F)cc1. The van der Waals surface area contributed by atoms with Crippen LogP contribution in [0.4, 0.5) is 19.1 Å². The molecule has 0 fully saturated rings. The molecular weight excluding hydrogens is 393 g/mol. The van der Waals surface area contributed by atoms with Gasteiger partial charge >= 0.3 is 12.1 Å². The van der Waals surface area contributed by atoms with E-state index in [0.717, 1.165) is 17.9 Å². The molecule has 1 aromatic heterocycles. The molecule has 10 heteroatoms. The second kappa shape index (κ2) is 8.26. The van der Waals surface area contributed by atoms with E-state index < -0.39 is 23.8 Å². The second-order valence-corrected chi connectivity index (χ2v) is 7.44. The Morgan fingerprint density at radius 1 is 1.32 bits per heavy atom. The third-order valence-corrected chi connectivity index (χ3v) is 5.10. The first-order chi connectivity index (χ1) is 13.3. The van der Waals surface area contributed by atoms with E-state index >= 15 is 0 Å². The number of alkyl halides is 3. The molecule has 2 aromatic rings. The lowest BCUT2D eigenvalue weighted by atomic mass is 9.95. The van der Waals surface area contributed by atoms with Crippen molar-refractivity contribution in [2.75, 3.05) is 23.4 Å². The van der Waals surface area contributed by atoms with Crippen LogP contribution in [0.3, 0.4) is 0 Å². The fraction of sp³-hybridized carbons (Fsp3) is 0.389. The topological polar surface area (TPSA) is 69.0 Å². The van der Waals surface area contributed by atoms with Crippen LogP contribution in [0.15, 0.2) is 41.9 Å². The first-order valence-electron chi connectivity index (χ1n) is 8.62. The van der Waals surface area contributed by atoms with E-state index in [1.165, 1.54) is 23.1 Å². The largest absolute Gasteiger partial charge is 0.461 e. The van der Waals surface area contributed by atoms with Crippen molar-refractivity contribution in [3.05, 3.63) is 53.0 Å². The molecule has 0 radical (unpaired) electrons. The number of ether oxygens (including phenoxy) is 1. The normalized spacial score (nSPS) is 16.5. The van der Waals surface area contributed by atoms with Crippen LogP contribution in [0.5, 0.6) is 0 Å².